The van der Waals surface area contributed by atoms with Gasteiger partial charge in [-0.3, -0.25) is 9.59 Å². The number of amides is 1. The van der Waals surface area contributed by atoms with Crippen molar-refractivity contribution >= 4 is 39.8 Å². The third-order valence-electron chi connectivity index (χ3n) is 10.4. The van der Waals surface area contributed by atoms with Crippen LogP contribution < -0.4 is 9.64 Å². The molecule has 3 saturated carbocycles. The van der Waals surface area contributed by atoms with E-state index in [-0.39, 0.29) is 33.9 Å². The van der Waals surface area contributed by atoms with Crippen LogP contribution in [0.4, 0.5) is 5.69 Å². The molecule has 1 saturated heterocycles. The van der Waals surface area contributed by atoms with Gasteiger partial charge in [-0.25, -0.2) is 0 Å². The van der Waals surface area contributed by atoms with Gasteiger partial charge >= 0.3 is 0 Å². The molecule has 2 aliphatic heterocycles. The number of rotatable bonds is 6. The highest BCUT2D eigenvalue weighted by molar-refractivity contribution is 6.19. The number of benzene rings is 2. The maximum atomic E-state index is 13.8. The minimum Gasteiger partial charge on any atom is -0.461 e. The van der Waals surface area contributed by atoms with E-state index in [1.54, 1.807) is 24.8 Å². The first-order chi connectivity index (χ1) is 18.1. The van der Waals surface area contributed by atoms with E-state index in [1.165, 1.54) is 0 Å². The number of hydrogen-bond donors (Lipinski definition) is 3. The molecule has 38 heavy (non-hydrogen) atoms. The highest BCUT2D eigenvalue weighted by atomic mass is 35.5. The van der Waals surface area contributed by atoms with E-state index < -0.39 is 30.7 Å². The maximum absolute atomic E-state index is 13.8. The van der Waals surface area contributed by atoms with Gasteiger partial charge in [-0.1, -0.05) is 24.3 Å². The highest BCUT2D eigenvalue weighted by Crippen LogP contribution is 3.01. The molecule has 3 aliphatic carbocycles. The Labute approximate surface area is 225 Å². The van der Waals surface area contributed by atoms with Gasteiger partial charge in [0.25, 0.3) is 0 Å². The number of nitrogens with zero attached hydrogens (tertiary/aromatic N) is 1. The average molecular weight is 542 g/mol. The van der Waals surface area contributed by atoms with Crippen LogP contribution in [-0.2, 0) is 14.3 Å². The number of fused-ring (bicyclic) bond motifs is 3. The lowest BCUT2D eigenvalue weighted by Gasteiger charge is -2.39. The van der Waals surface area contributed by atoms with Crippen LogP contribution in [0.2, 0.25) is 0 Å². The van der Waals surface area contributed by atoms with Gasteiger partial charge in [0.05, 0.1) is 11.8 Å². The second-order valence-corrected chi connectivity index (χ2v) is 12.5. The van der Waals surface area contributed by atoms with Gasteiger partial charge in [0, 0.05) is 41.6 Å². The number of carbonyl (C=O) groups is 2. The summed E-state index contributed by atoms with van der Waals surface area (Å²) in [6, 6.07) is 9.48. The van der Waals surface area contributed by atoms with Crippen LogP contribution >= 0.6 is 11.6 Å². The molecule has 2 aromatic rings. The molecule has 8 nitrogen and oxygen atoms in total. The van der Waals surface area contributed by atoms with Crippen molar-refractivity contribution in [1.29, 1.82) is 0 Å². The molecule has 2 heterocycles. The number of ketones is 1. The summed E-state index contributed by atoms with van der Waals surface area (Å²) in [6.45, 7) is 3.75. The van der Waals surface area contributed by atoms with Crippen molar-refractivity contribution in [2.75, 3.05) is 17.3 Å². The van der Waals surface area contributed by atoms with Crippen LogP contribution in [0.5, 0.6) is 5.75 Å². The third-order valence-corrected chi connectivity index (χ3v) is 10.8. The number of halogens is 1. The first-order valence-electron chi connectivity index (χ1n) is 13.4. The van der Waals surface area contributed by atoms with Crippen LogP contribution in [0.15, 0.2) is 30.3 Å². The van der Waals surface area contributed by atoms with Crippen LogP contribution in [0.25, 0.3) is 10.8 Å². The molecular formula is C29H32ClNO7. The van der Waals surface area contributed by atoms with Crippen LogP contribution in [-0.4, -0.2) is 70.1 Å². The van der Waals surface area contributed by atoms with Gasteiger partial charge in [0.15, 0.2) is 0 Å². The highest BCUT2D eigenvalue weighted by Gasteiger charge is 2.97. The number of aliphatic hydroxyl groups is 3. The molecule has 1 amide bonds. The molecule has 0 bridgehead atoms. The van der Waals surface area contributed by atoms with Crippen molar-refractivity contribution in [3.63, 3.8) is 0 Å². The molecule has 9 heteroatoms. The quantitative estimate of drug-likeness (QED) is 0.481. The zero-order valence-electron chi connectivity index (χ0n) is 21.4. The first-order valence-corrected chi connectivity index (χ1v) is 13.9. The molecule has 0 aromatic heterocycles. The Kier molecular flexibility index (Phi) is 5.16. The average Bonchev–Trinajstić information content (AvgIpc) is 3.54. The summed E-state index contributed by atoms with van der Waals surface area (Å²) in [5, 5.41) is 32.6. The largest absolute Gasteiger partial charge is 0.461 e. The molecule has 202 valence electrons. The lowest BCUT2D eigenvalue weighted by atomic mass is 9.71. The number of hydrogen-bond acceptors (Lipinski definition) is 7. The second kappa shape index (κ2) is 7.92. The number of aliphatic hydroxyl groups excluding tert-OH is 3. The topological polar surface area (TPSA) is 117 Å². The Morgan fingerprint density at radius 1 is 1.11 bits per heavy atom. The van der Waals surface area contributed by atoms with E-state index >= 15 is 0 Å². The molecule has 5 aliphatic rings. The van der Waals surface area contributed by atoms with Gasteiger partial charge in [0.2, 0.25) is 12.2 Å². The van der Waals surface area contributed by atoms with E-state index in [9.17, 15) is 24.9 Å². The van der Waals surface area contributed by atoms with Gasteiger partial charge in [-0.15, -0.1) is 11.6 Å². The summed E-state index contributed by atoms with van der Waals surface area (Å²) in [7, 11) is 0. The van der Waals surface area contributed by atoms with Gasteiger partial charge in [-0.2, -0.15) is 0 Å². The van der Waals surface area contributed by atoms with Crippen molar-refractivity contribution in [3.8, 4) is 5.75 Å². The van der Waals surface area contributed by atoms with E-state index in [0.717, 1.165) is 41.3 Å². The lowest BCUT2D eigenvalue weighted by Crippen LogP contribution is -2.58. The smallest absolute Gasteiger partial charge is 0.229 e. The molecule has 1 spiro atoms. The summed E-state index contributed by atoms with van der Waals surface area (Å²) in [5.41, 5.74) is 1.57. The number of anilines is 1. The Balaban J connectivity index is 1.22. The molecule has 0 radical (unpaired) electrons. The first kappa shape index (κ1) is 24.8. The molecule has 2 aromatic carbocycles. The molecular weight excluding hydrogens is 510 g/mol. The normalized spacial score (nSPS) is 42.1. The fraction of sp³-hybridized carbons (Fsp3) is 0.586. The second-order valence-electron chi connectivity index (χ2n) is 12.2. The molecule has 4 fully saturated rings. The molecule has 9 atom stereocenters. The monoisotopic (exact) mass is 541 g/mol. The number of alkyl halides is 1. The summed E-state index contributed by atoms with van der Waals surface area (Å²) in [4.78, 5) is 27.8. The Bertz CT molecular complexity index is 1380. The molecule has 3 N–H and O–H groups in total. The van der Waals surface area contributed by atoms with Gasteiger partial charge < -0.3 is 29.7 Å². The van der Waals surface area contributed by atoms with Gasteiger partial charge in [-0.05, 0) is 54.9 Å². The fourth-order valence-corrected chi connectivity index (χ4v) is 8.49. The van der Waals surface area contributed by atoms with E-state index in [4.69, 9.17) is 21.1 Å². The predicted octanol–water partition coefficient (Wildman–Crippen LogP) is 2.86. The van der Waals surface area contributed by atoms with Gasteiger partial charge in [0.1, 0.15) is 29.8 Å². The van der Waals surface area contributed by atoms with E-state index in [2.05, 4.69) is 0 Å². The fourth-order valence-electron chi connectivity index (χ4n) is 8.24. The summed E-state index contributed by atoms with van der Waals surface area (Å²) in [6.07, 6.45) is -2.92. The SMILES string of the molecule is CC(=O)C12CC3(CC(=O)N4CC(CCl)c5c4cc(O[C@@H]4O[C@H](C)C(O)[C@H](O)C4O)c4ccccc54)CC31C2. The zero-order chi connectivity index (χ0) is 26.8. The zero-order valence-corrected chi connectivity index (χ0v) is 22.1. The Hall–Kier alpha value is -2.23. The Morgan fingerprint density at radius 3 is 2.50 bits per heavy atom. The number of ether oxygens (including phenoxy) is 2. The van der Waals surface area contributed by atoms with Crippen LogP contribution in [0.1, 0.15) is 51.0 Å². The van der Waals surface area contributed by atoms with E-state index in [0.29, 0.717) is 24.6 Å². The summed E-state index contributed by atoms with van der Waals surface area (Å²) < 4.78 is 11.8. The Morgan fingerprint density at radius 2 is 1.84 bits per heavy atom. The lowest BCUT2D eigenvalue weighted by molar-refractivity contribution is -0.267. The summed E-state index contributed by atoms with van der Waals surface area (Å²) in [5.74, 6) is 1.01. The van der Waals surface area contributed by atoms with Crippen LogP contribution in [0, 0.1) is 16.2 Å². The minimum atomic E-state index is -1.45. The third kappa shape index (κ3) is 3.01. The maximum Gasteiger partial charge on any atom is 0.229 e. The van der Waals surface area contributed by atoms with Crippen molar-refractivity contribution in [3.05, 3.63) is 35.9 Å². The van der Waals surface area contributed by atoms with E-state index in [1.807, 2.05) is 24.3 Å². The van der Waals surface area contributed by atoms with Crippen molar-refractivity contribution in [1.82, 2.24) is 0 Å². The van der Waals surface area contributed by atoms with Crippen LogP contribution in [0.3, 0.4) is 0 Å². The number of carbonyl (C=O) groups excluding carboxylic acids is 2. The number of Topliss-reactive ketones (excluding diaryl/α,β-unsaturated/α-hetero) is 1. The van der Waals surface area contributed by atoms with Crippen molar-refractivity contribution < 1.29 is 34.4 Å². The van der Waals surface area contributed by atoms with Crippen molar-refractivity contribution in [2.24, 2.45) is 16.2 Å². The molecule has 6 unspecified atom stereocenters. The predicted molar refractivity (Wildman–Crippen MR) is 139 cm³/mol. The molecule has 7 rings (SSSR count). The van der Waals surface area contributed by atoms with Crippen molar-refractivity contribution in [2.45, 2.75) is 76.2 Å². The minimum absolute atomic E-state index is 0.0298. The summed E-state index contributed by atoms with van der Waals surface area (Å²) >= 11 is 6.42. The standard InChI is InChI=1S/C29H32ClNO7/c1-14-23(34)24(35)25(36)26(37-14)38-20-7-19-22(18-6-4-3-5-17(18)20)16(9-30)10-31(19)21(33)8-27-11-28(15(2)32)13-29(27,28)12-27/h3-7,14,16,23-26,34-36H,8-13H2,1-2H3/t14-,16?,23?,24+,25?,26+,27?,28?,29?/m1/s1.